The van der Waals surface area contributed by atoms with Crippen LogP contribution in [0.5, 0.6) is 0 Å². The summed E-state index contributed by atoms with van der Waals surface area (Å²) in [5, 5.41) is 7.50. The number of fused-ring (bicyclic) bond motifs is 2. The van der Waals surface area contributed by atoms with E-state index in [2.05, 4.69) is 85.8 Å². The molecule has 0 amide bonds. The number of halogens is 2. The first-order valence-corrected chi connectivity index (χ1v) is 9.81. The quantitative estimate of drug-likeness (QED) is 0.395. The number of nitrogens with zero attached hydrogens (tertiary/aromatic N) is 1. The maximum Gasteiger partial charge on any atom is 3.00 e. The number of rotatable bonds is 4. The summed E-state index contributed by atoms with van der Waals surface area (Å²) in [5.74, 6) is 0.307. The minimum Gasteiger partial charge on any atom is -1.00 e. The smallest absolute Gasteiger partial charge is 1.00 e. The second kappa shape index (κ2) is 11.0. The van der Waals surface area contributed by atoms with Crippen molar-refractivity contribution in [2.24, 2.45) is 0 Å². The molecule has 0 fully saturated rings. The Hall–Kier alpha value is -2.03. The summed E-state index contributed by atoms with van der Waals surface area (Å²) in [4.78, 5) is 0. The maximum atomic E-state index is 4.92. The summed E-state index contributed by atoms with van der Waals surface area (Å²) in [6, 6.07) is 32.2. The Morgan fingerprint density at radius 3 is 2.19 bits per heavy atom. The standard InChI is InChI=1S/C27H22N.2ClH.Ti/c1-19-17-21-10-6-8-14-24(21)27(19)25-16-15-20-9-5-7-13-23(20)26(25)18-28-22-11-3-2-4-12-22;;;/h2-17,27H,18H2,1H3;2*1H;/q-1;;;+3/p-2. The average molecular weight is 479 g/mol. The Labute approximate surface area is 211 Å². The van der Waals surface area contributed by atoms with Gasteiger partial charge in [-0.3, -0.25) is 0 Å². The van der Waals surface area contributed by atoms with Crippen LogP contribution in [-0.2, 0) is 28.3 Å². The van der Waals surface area contributed by atoms with Crippen LogP contribution < -0.4 is 24.8 Å². The first-order chi connectivity index (χ1) is 13.8. The molecule has 0 saturated carbocycles. The Kier molecular flexibility index (Phi) is 8.97. The molecule has 0 aliphatic heterocycles. The topological polar surface area (TPSA) is 14.1 Å². The predicted molar refractivity (Wildman–Crippen MR) is 119 cm³/mol. The van der Waals surface area contributed by atoms with Crippen molar-refractivity contribution in [2.45, 2.75) is 19.4 Å². The average Bonchev–Trinajstić information content (AvgIpc) is 3.08. The Morgan fingerprint density at radius 2 is 1.39 bits per heavy atom. The van der Waals surface area contributed by atoms with Crippen LogP contribution in [0.15, 0.2) is 96.6 Å². The molecule has 4 aromatic rings. The van der Waals surface area contributed by atoms with Gasteiger partial charge in [0.15, 0.2) is 0 Å². The summed E-state index contributed by atoms with van der Waals surface area (Å²) < 4.78 is 0. The maximum absolute atomic E-state index is 4.92. The van der Waals surface area contributed by atoms with Crippen molar-refractivity contribution in [1.29, 1.82) is 0 Å². The molecule has 4 heteroatoms. The molecule has 1 nitrogen and oxygen atoms in total. The van der Waals surface area contributed by atoms with E-state index >= 15 is 0 Å². The van der Waals surface area contributed by atoms with Gasteiger partial charge >= 0.3 is 21.7 Å². The number of para-hydroxylation sites is 1. The zero-order valence-electron chi connectivity index (χ0n) is 17.2. The minimum atomic E-state index is 0. The van der Waals surface area contributed by atoms with Crippen LogP contribution in [0.2, 0.25) is 0 Å². The summed E-state index contributed by atoms with van der Waals surface area (Å²) >= 11 is 0. The summed E-state index contributed by atoms with van der Waals surface area (Å²) in [6.45, 7) is 2.94. The van der Waals surface area contributed by atoms with Gasteiger partial charge in [0.1, 0.15) is 0 Å². The van der Waals surface area contributed by atoms with E-state index in [-0.39, 0.29) is 46.5 Å². The minimum absolute atomic E-state index is 0. The van der Waals surface area contributed by atoms with Gasteiger partial charge in [-0.2, -0.15) is 0 Å². The van der Waals surface area contributed by atoms with E-state index in [1.54, 1.807) is 0 Å². The fourth-order valence-corrected chi connectivity index (χ4v) is 4.40. The third-order valence-electron chi connectivity index (χ3n) is 5.71. The molecule has 0 heterocycles. The molecular formula is C27H22Cl2NTi. The van der Waals surface area contributed by atoms with Crippen molar-refractivity contribution in [3.05, 3.63) is 124 Å². The molecule has 1 radical (unpaired) electrons. The Morgan fingerprint density at radius 1 is 0.710 bits per heavy atom. The second-order valence-electron chi connectivity index (χ2n) is 7.46. The van der Waals surface area contributed by atoms with Crippen molar-refractivity contribution in [2.75, 3.05) is 0 Å². The third-order valence-corrected chi connectivity index (χ3v) is 5.71. The van der Waals surface area contributed by atoms with Gasteiger partial charge in [0.25, 0.3) is 0 Å². The molecule has 0 bridgehead atoms. The molecular weight excluding hydrogens is 457 g/mol. The van der Waals surface area contributed by atoms with E-state index in [1.165, 1.54) is 38.6 Å². The van der Waals surface area contributed by atoms with E-state index < -0.39 is 0 Å². The van der Waals surface area contributed by atoms with Crippen molar-refractivity contribution in [1.82, 2.24) is 0 Å². The van der Waals surface area contributed by atoms with E-state index in [9.17, 15) is 0 Å². The second-order valence-corrected chi connectivity index (χ2v) is 7.46. The number of hydrogen-bond donors (Lipinski definition) is 0. The van der Waals surface area contributed by atoms with Gasteiger partial charge in [0.2, 0.25) is 0 Å². The van der Waals surface area contributed by atoms with Gasteiger partial charge < -0.3 is 30.1 Å². The number of allylic oxidation sites excluding steroid dienone is 1. The fourth-order valence-electron chi connectivity index (χ4n) is 4.40. The third kappa shape index (κ3) is 4.91. The van der Waals surface area contributed by atoms with Crippen molar-refractivity contribution < 1.29 is 46.5 Å². The zero-order chi connectivity index (χ0) is 18.9. The SMILES string of the molecule is CC1=Cc2ccccc2C1c1ccc2ccccc2c1C[N-]c1ccccc1.[Cl-].[Cl-].[Ti+3]. The first kappa shape index (κ1) is 25.2. The number of hydrogen-bond acceptors (Lipinski definition) is 0. The molecule has 0 spiro atoms. The Balaban J connectivity index is 0.00000114. The molecule has 1 unspecified atom stereocenters. The zero-order valence-corrected chi connectivity index (χ0v) is 20.3. The Bertz CT molecular complexity index is 1190. The van der Waals surface area contributed by atoms with Crippen molar-refractivity contribution >= 4 is 22.5 Å². The molecule has 0 aromatic heterocycles. The van der Waals surface area contributed by atoms with E-state index in [0.29, 0.717) is 12.5 Å². The van der Waals surface area contributed by atoms with E-state index in [0.717, 1.165) is 5.69 Å². The molecule has 1 atom stereocenters. The van der Waals surface area contributed by atoms with Crippen LogP contribution in [0.1, 0.15) is 35.1 Å². The van der Waals surface area contributed by atoms with E-state index in [1.807, 2.05) is 18.2 Å². The molecule has 153 valence electrons. The van der Waals surface area contributed by atoms with Gasteiger partial charge in [-0.25, -0.2) is 0 Å². The summed E-state index contributed by atoms with van der Waals surface area (Å²) in [7, 11) is 0. The monoisotopic (exact) mass is 478 g/mol. The van der Waals surface area contributed by atoms with Gasteiger partial charge in [-0.1, -0.05) is 108 Å². The summed E-state index contributed by atoms with van der Waals surface area (Å²) in [5.41, 5.74) is 7.87. The van der Waals surface area contributed by atoms with Crippen LogP contribution >= 0.6 is 0 Å². The van der Waals surface area contributed by atoms with Crippen LogP contribution in [0.3, 0.4) is 0 Å². The number of benzene rings is 4. The first-order valence-electron chi connectivity index (χ1n) is 9.81. The van der Waals surface area contributed by atoms with Crippen LogP contribution in [0.4, 0.5) is 5.69 Å². The summed E-state index contributed by atoms with van der Waals surface area (Å²) in [6.07, 6.45) is 2.33. The van der Waals surface area contributed by atoms with Crippen molar-refractivity contribution in [3.63, 3.8) is 0 Å². The molecule has 4 aromatic carbocycles. The molecule has 5 rings (SSSR count). The fraction of sp³-hybridized carbons (Fsp3) is 0.111. The van der Waals surface area contributed by atoms with Crippen LogP contribution in [-0.4, -0.2) is 0 Å². The van der Waals surface area contributed by atoms with Gasteiger partial charge in [-0.15, -0.1) is 12.2 Å². The predicted octanol–water partition coefficient (Wildman–Crippen LogP) is 1.60. The van der Waals surface area contributed by atoms with E-state index in [4.69, 9.17) is 5.32 Å². The molecule has 31 heavy (non-hydrogen) atoms. The van der Waals surface area contributed by atoms with Crippen molar-refractivity contribution in [3.8, 4) is 0 Å². The van der Waals surface area contributed by atoms with Gasteiger partial charge in [0, 0.05) is 5.92 Å². The molecule has 0 N–H and O–H groups in total. The largest absolute Gasteiger partial charge is 3.00 e. The molecule has 1 aliphatic rings. The molecule has 0 saturated heterocycles. The van der Waals surface area contributed by atoms with Gasteiger partial charge in [0.05, 0.1) is 0 Å². The van der Waals surface area contributed by atoms with Gasteiger partial charge in [-0.05, 0) is 34.4 Å². The van der Waals surface area contributed by atoms with Crippen LogP contribution in [0.25, 0.3) is 22.2 Å². The normalized spacial score (nSPS) is 13.8. The van der Waals surface area contributed by atoms with Crippen LogP contribution in [0, 0.1) is 0 Å². The molecule has 1 aliphatic carbocycles.